The highest BCUT2D eigenvalue weighted by atomic mass is 16.5. The predicted molar refractivity (Wildman–Crippen MR) is 140 cm³/mol. The second-order valence-corrected chi connectivity index (χ2v) is 9.82. The fourth-order valence-electron chi connectivity index (χ4n) is 4.09. The molecule has 10 heteroatoms. The van der Waals surface area contributed by atoms with Gasteiger partial charge in [-0.05, 0) is 40.8 Å². The zero-order valence-electron chi connectivity index (χ0n) is 21.5. The molecule has 5 N–H and O–H groups in total. The van der Waals surface area contributed by atoms with Gasteiger partial charge in [0.1, 0.15) is 18.4 Å². The summed E-state index contributed by atoms with van der Waals surface area (Å²) in [6.07, 6.45) is 0.234. The maximum atomic E-state index is 13.3. The molecule has 3 aromatic rings. The second-order valence-electron chi connectivity index (χ2n) is 9.82. The molecule has 2 atom stereocenters. The third-order valence-corrected chi connectivity index (χ3v) is 5.94. The van der Waals surface area contributed by atoms with Crippen molar-refractivity contribution in [1.82, 2.24) is 21.1 Å². The van der Waals surface area contributed by atoms with Gasteiger partial charge >= 0.3 is 6.09 Å². The van der Waals surface area contributed by atoms with Crippen LogP contribution in [0.4, 0.5) is 4.79 Å². The molecule has 3 amide bonds. The van der Waals surface area contributed by atoms with Crippen LogP contribution in [0.3, 0.4) is 0 Å². The zero-order chi connectivity index (χ0) is 27.7. The topological polar surface area (TPSA) is 150 Å². The quantitative estimate of drug-likeness (QED) is 0.201. The van der Waals surface area contributed by atoms with E-state index in [9.17, 15) is 19.5 Å². The molecule has 200 valence electrons. The highest BCUT2D eigenvalue weighted by molar-refractivity contribution is 5.93. The third kappa shape index (κ3) is 7.78. The lowest BCUT2D eigenvalue weighted by Crippen LogP contribution is -2.52. The molecular formula is C28H32N4O6. The van der Waals surface area contributed by atoms with Crippen molar-refractivity contribution in [2.24, 2.45) is 5.41 Å². The fourth-order valence-corrected chi connectivity index (χ4v) is 4.09. The van der Waals surface area contributed by atoms with E-state index in [1.54, 1.807) is 35.9 Å². The summed E-state index contributed by atoms with van der Waals surface area (Å²) in [6, 6.07) is 18.3. The van der Waals surface area contributed by atoms with E-state index in [-0.39, 0.29) is 12.1 Å². The maximum Gasteiger partial charge on any atom is 0.405 e. The molecule has 0 saturated heterocycles. The molecule has 0 aliphatic heterocycles. The average Bonchev–Trinajstić information content (AvgIpc) is 2.90. The molecule has 0 bridgehead atoms. The number of pyridine rings is 1. The smallest absolute Gasteiger partial charge is 0.405 e. The number of carbonyl (C=O) groups excluding carboxylic acids is 2. The molecule has 2 aromatic carbocycles. The van der Waals surface area contributed by atoms with E-state index in [0.717, 1.165) is 5.56 Å². The predicted octanol–water partition coefficient (Wildman–Crippen LogP) is 3.86. The highest BCUT2D eigenvalue weighted by Gasteiger charge is 2.39. The first-order chi connectivity index (χ1) is 18.1. The first-order valence-corrected chi connectivity index (χ1v) is 12.0. The van der Waals surface area contributed by atoms with Gasteiger partial charge in [-0.2, -0.15) is 0 Å². The zero-order valence-corrected chi connectivity index (χ0v) is 21.5. The molecule has 38 heavy (non-hydrogen) atoms. The molecule has 3 rings (SSSR count). The number of hydroxylamine groups is 1. The number of aromatic nitrogens is 1. The first-order valence-electron chi connectivity index (χ1n) is 12.0. The van der Waals surface area contributed by atoms with Gasteiger partial charge in [0.25, 0.3) is 5.91 Å². The number of nitrogens with zero attached hydrogens (tertiary/aromatic N) is 1. The maximum absolute atomic E-state index is 13.3. The lowest BCUT2D eigenvalue weighted by atomic mass is 9.73. The van der Waals surface area contributed by atoms with Crippen molar-refractivity contribution in [3.05, 3.63) is 95.3 Å². The van der Waals surface area contributed by atoms with Gasteiger partial charge in [0, 0.05) is 23.7 Å². The van der Waals surface area contributed by atoms with Crippen molar-refractivity contribution >= 4 is 17.9 Å². The lowest BCUT2D eigenvalue weighted by molar-refractivity contribution is -0.124. The number of rotatable bonds is 10. The molecule has 0 aliphatic rings. The van der Waals surface area contributed by atoms with Gasteiger partial charge in [-0.1, -0.05) is 63.2 Å². The van der Waals surface area contributed by atoms with Gasteiger partial charge < -0.3 is 20.5 Å². The second kappa shape index (κ2) is 12.7. The Morgan fingerprint density at radius 1 is 0.947 bits per heavy atom. The number of amides is 3. The van der Waals surface area contributed by atoms with Gasteiger partial charge in [0.05, 0.1) is 6.20 Å². The number of benzene rings is 2. The minimum atomic E-state index is -1.33. The van der Waals surface area contributed by atoms with Crippen LogP contribution in [0.25, 0.3) is 0 Å². The number of carbonyl (C=O) groups is 3. The van der Waals surface area contributed by atoms with Crippen molar-refractivity contribution in [3.8, 4) is 5.75 Å². The van der Waals surface area contributed by atoms with Crippen molar-refractivity contribution in [2.75, 3.05) is 0 Å². The van der Waals surface area contributed by atoms with Crippen LogP contribution >= 0.6 is 0 Å². The van der Waals surface area contributed by atoms with E-state index >= 15 is 0 Å². The van der Waals surface area contributed by atoms with Gasteiger partial charge in [0.15, 0.2) is 0 Å². The van der Waals surface area contributed by atoms with Gasteiger partial charge in [-0.3, -0.25) is 19.8 Å². The number of carboxylic acid groups (broad SMARTS) is 1. The Bertz CT molecular complexity index is 1220. The number of nitrogens with one attached hydrogen (secondary N) is 3. The Kier molecular flexibility index (Phi) is 9.39. The Hall–Kier alpha value is -4.44. The van der Waals surface area contributed by atoms with E-state index in [2.05, 4.69) is 15.6 Å². The number of hydrogen-bond acceptors (Lipinski definition) is 6. The normalized spacial score (nSPS) is 12.6. The Balaban J connectivity index is 1.76. The summed E-state index contributed by atoms with van der Waals surface area (Å²) in [7, 11) is 0. The molecule has 0 fully saturated rings. The van der Waals surface area contributed by atoms with Crippen LogP contribution < -0.4 is 20.9 Å². The standard InChI is InChI=1S/C28H32N4O6/c1-28(2,3)23(22-14-13-21(16-29-22)38-17-19-7-5-4-6-8-19)24(31-27(35)36)26(34)30-15-18-9-11-20(12-10-18)25(33)32-37/h4-14,16,23-24,31,37H,15,17H2,1-3H3,(H,30,34)(H,32,33)(H,35,36). The van der Waals surface area contributed by atoms with Crippen molar-refractivity contribution in [1.29, 1.82) is 0 Å². The van der Waals surface area contributed by atoms with Crippen LogP contribution in [-0.4, -0.2) is 39.2 Å². The van der Waals surface area contributed by atoms with E-state index in [4.69, 9.17) is 9.94 Å². The molecule has 0 aliphatic carbocycles. The minimum absolute atomic E-state index is 0.105. The summed E-state index contributed by atoms with van der Waals surface area (Å²) in [5.74, 6) is -1.22. The van der Waals surface area contributed by atoms with Gasteiger partial charge in [-0.25, -0.2) is 10.3 Å². The Morgan fingerprint density at radius 3 is 2.18 bits per heavy atom. The van der Waals surface area contributed by atoms with Crippen molar-refractivity contribution in [2.45, 2.75) is 45.9 Å². The number of ether oxygens (including phenoxy) is 1. The molecule has 0 saturated carbocycles. The molecule has 0 spiro atoms. The molecular weight excluding hydrogens is 488 g/mol. The summed E-state index contributed by atoms with van der Waals surface area (Å²) in [6.45, 7) is 6.21. The SMILES string of the molecule is CC(C)(C)C(c1ccc(OCc2ccccc2)cn1)C(NC(=O)O)C(=O)NCc1ccc(C(=O)NO)cc1. The van der Waals surface area contributed by atoms with Crippen LogP contribution in [0.2, 0.25) is 0 Å². The fraction of sp³-hybridized carbons (Fsp3) is 0.286. The molecule has 10 nitrogen and oxygen atoms in total. The molecule has 1 heterocycles. The van der Waals surface area contributed by atoms with Crippen molar-refractivity contribution in [3.63, 3.8) is 0 Å². The average molecular weight is 521 g/mol. The van der Waals surface area contributed by atoms with E-state index < -0.39 is 35.3 Å². The van der Waals surface area contributed by atoms with E-state index in [1.807, 2.05) is 51.1 Å². The third-order valence-electron chi connectivity index (χ3n) is 5.94. The van der Waals surface area contributed by atoms with Crippen LogP contribution in [-0.2, 0) is 17.9 Å². The largest absolute Gasteiger partial charge is 0.487 e. The molecule has 2 unspecified atom stereocenters. The molecule has 0 radical (unpaired) electrons. The van der Waals surface area contributed by atoms with Crippen LogP contribution in [0, 0.1) is 5.41 Å². The van der Waals surface area contributed by atoms with E-state index in [1.165, 1.54) is 12.1 Å². The summed E-state index contributed by atoms with van der Waals surface area (Å²) in [5.41, 5.74) is 3.51. The number of hydrogen-bond donors (Lipinski definition) is 5. The minimum Gasteiger partial charge on any atom is -0.487 e. The monoisotopic (exact) mass is 520 g/mol. The van der Waals surface area contributed by atoms with Crippen LogP contribution in [0.15, 0.2) is 72.9 Å². The lowest BCUT2D eigenvalue weighted by Gasteiger charge is -2.36. The van der Waals surface area contributed by atoms with E-state index in [0.29, 0.717) is 23.6 Å². The van der Waals surface area contributed by atoms with Gasteiger partial charge in [-0.15, -0.1) is 0 Å². The summed E-state index contributed by atoms with van der Waals surface area (Å²) in [5, 5.41) is 23.4. The van der Waals surface area contributed by atoms with Crippen LogP contribution in [0.1, 0.15) is 53.9 Å². The van der Waals surface area contributed by atoms with Crippen molar-refractivity contribution < 1.29 is 29.4 Å². The van der Waals surface area contributed by atoms with Gasteiger partial charge in [0.2, 0.25) is 5.91 Å². The van der Waals surface area contributed by atoms with Crippen LogP contribution in [0.5, 0.6) is 5.75 Å². The Labute approximate surface area is 221 Å². The summed E-state index contributed by atoms with van der Waals surface area (Å²) < 4.78 is 5.81. The first kappa shape index (κ1) is 28.1. The summed E-state index contributed by atoms with van der Waals surface area (Å²) in [4.78, 5) is 41.0. The molecule has 1 aromatic heterocycles. The highest BCUT2D eigenvalue weighted by Crippen LogP contribution is 2.37. The summed E-state index contributed by atoms with van der Waals surface area (Å²) >= 11 is 0. The Morgan fingerprint density at radius 2 is 1.63 bits per heavy atom.